The lowest BCUT2D eigenvalue weighted by Gasteiger charge is -2.64. The van der Waals surface area contributed by atoms with E-state index in [9.17, 15) is 0 Å². The largest absolute Gasteiger partial charge is 0.368 e. The highest BCUT2D eigenvalue weighted by Gasteiger charge is 2.59. The van der Waals surface area contributed by atoms with Gasteiger partial charge in [0.1, 0.15) is 0 Å². The molecule has 2 saturated carbocycles. The molecule has 1 aliphatic heterocycles. The molecule has 0 amide bonds. The topological polar surface area (TPSA) is 9.23 Å². The molecule has 0 spiro atoms. The molecule has 1 unspecified atom stereocenters. The van der Waals surface area contributed by atoms with Gasteiger partial charge in [0.05, 0.1) is 11.7 Å². The van der Waals surface area contributed by atoms with E-state index in [1.54, 1.807) is 0 Å². The van der Waals surface area contributed by atoms with Crippen molar-refractivity contribution in [3.63, 3.8) is 0 Å². The third kappa shape index (κ3) is 2.00. The monoisotopic (exact) mass is 276 g/mol. The first kappa shape index (κ1) is 14.6. The second-order valence-corrected chi connectivity index (χ2v) is 8.77. The summed E-state index contributed by atoms with van der Waals surface area (Å²) in [7, 11) is 0. The molecule has 1 heteroatoms. The molecule has 20 heavy (non-hydrogen) atoms. The lowest BCUT2D eigenvalue weighted by Crippen LogP contribution is -2.60. The van der Waals surface area contributed by atoms with E-state index >= 15 is 0 Å². The van der Waals surface area contributed by atoms with Crippen LogP contribution in [0.3, 0.4) is 0 Å². The zero-order valence-electron chi connectivity index (χ0n) is 13.9. The van der Waals surface area contributed by atoms with Crippen LogP contribution < -0.4 is 0 Å². The van der Waals surface area contributed by atoms with Crippen LogP contribution in [-0.4, -0.2) is 11.7 Å². The SMILES string of the molecule is C=C[C@@H]1CC[C@H]2[C@@](C)(CCC3C(C)(C)CCC[C@@]32C)O1. The maximum absolute atomic E-state index is 6.49. The van der Waals surface area contributed by atoms with Crippen LogP contribution in [0.1, 0.15) is 72.6 Å². The molecule has 0 N–H and O–H groups in total. The Morgan fingerprint density at radius 2 is 1.70 bits per heavy atom. The van der Waals surface area contributed by atoms with E-state index in [1.807, 2.05) is 6.08 Å². The first-order valence-electron chi connectivity index (χ1n) is 8.62. The molecule has 2 aliphatic carbocycles. The zero-order valence-corrected chi connectivity index (χ0v) is 13.9. The second kappa shape index (κ2) is 4.60. The van der Waals surface area contributed by atoms with Gasteiger partial charge in [-0.2, -0.15) is 0 Å². The summed E-state index contributed by atoms with van der Waals surface area (Å²) in [5, 5.41) is 0. The van der Waals surface area contributed by atoms with Crippen LogP contribution >= 0.6 is 0 Å². The standard InChI is InChI=1S/C19H32O/c1-6-14-8-9-16-18(4)12-7-11-17(2,3)15(18)10-13-19(16,5)20-14/h6,14-16H,1,7-13H2,2-5H3/t14-,15?,16-,18+,19-/m1/s1. The predicted molar refractivity (Wildman–Crippen MR) is 84.7 cm³/mol. The van der Waals surface area contributed by atoms with Crippen LogP contribution in [0.15, 0.2) is 12.7 Å². The van der Waals surface area contributed by atoms with Gasteiger partial charge < -0.3 is 4.74 Å². The lowest BCUT2D eigenvalue weighted by molar-refractivity contribution is -0.227. The summed E-state index contributed by atoms with van der Waals surface area (Å²) >= 11 is 0. The molecule has 0 aromatic rings. The minimum atomic E-state index is 0.0930. The van der Waals surface area contributed by atoms with Gasteiger partial charge in [0.15, 0.2) is 0 Å². The Kier molecular flexibility index (Phi) is 3.36. The number of fused-ring (bicyclic) bond motifs is 3. The molecule has 3 rings (SSSR count). The summed E-state index contributed by atoms with van der Waals surface area (Å²) in [6.45, 7) is 13.9. The van der Waals surface area contributed by atoms with Gasteiger partial charge in [-0.05, 0) is 68.1 Å². The van der Waals surface area contributed by atoms with Gasteiger partial charge in [0.2, 0.25) is 0 Å². The van der Waals surface area contributed by atoms with Gasteiger partial charge >= 0.3 is 0 Å². The van der Waals surface area contributed by atoms with E-state index < -0.39 is 0 Å². The van der Waals surface area contributed by atoms with Gasteiger partial charge in [-0.3, -0.25) is 0 Å². The van der Waals surface area contributed by atoms with Crippen molar-refractivity contribution >= 4 is 0 Å². The van der Waals surface area contributed by atoms with Crippen LogP contribution in [-0.2, 0) is 4.74 Å². The minimum Gasteiger partial charge on any atom is -0.368 e. The van der Waals surface area contributed by atoms with Gasteiger partial charge in [-0.15, -0.1) is 6.58 Å². The van der Waals surface area contributed by atoms with Crippen molar-refractivity contribution in [2.75, 3.05) is 0 Å². The van der Waals surface area contributed by atoms with Gasteiger partial charge in [0.25, 0.3) is 0 Å². The molecule has 1 saturated heterocycles. The highest BCUT2D eigenvalue weighted by atomic mass is 16.5. The Balaban J connectivity index is 1.92. The second-order valence-electron chi connectivity index (χ2n) is 8.77. The summed E-state index contributed by atoms with van der Waals surface area (Å²) in [6.07, 6.45) is 11.6. The van der Waals surface area contributed by atoms with E-state index in [2.05, 4.69) is 34.3 Å². The maximum atomic E-state index is 6.49. The molecule has 1 nitrogen and oxygen atoms in total. The van der Waals surface area contributed by atoms with Crippen LogP contribution in [0.25, 0.3) is 0 Å². The first-order chi connectivity index (χ1) is 9.32. The average molecular weight is 276 g/mol. The Labute approximate surface area is 125 Å². The van der Waals surface area contributed by atoms with Crippen molar-refractivity contribution in [1.82, 2.24) is 0 Å². The molecular formula is C19H32O. The summed E-state index contributed by atoms with van der Waals surface area (Å²) in [4.78, 5) is 0. The van der Waals surface area contributed by atoms with E-state index in [4.69, 9.17) is 4.74 Å². The van der Waals surface area contributed by atoms with Gasteiger partial charge in [-0.1, -0.05) is 33.3 Å². The Bertz CT molecular complexity index is 399. The fourth-order valence-corrected chi connectivity index (χ4v) is 6.28. The smallest absolute Gasteiger partial charge is 0.0760 e. The number of ether oxygens (including phenoxy) is 1. The number of hydrogen-bond acceptors (Lipinski definition) is 1. The molecule has 5 atom stereocenters. The summed E-state index contributed by atoms with van der Waals surface area (Å²) < 4.78 is 6.49. The molecule has 114 valence electrons. The predicted octanol–water partition coefficient (Wildman–Crippen LogP) is 5.35. The summed E-state index contributed by atoms with van der Waals surface area (Å²) in [5.41, 5.74) is 1.10. The van der Waals surface area contributed by atoms with E-state index in [1.165, 1.54) is 44.9 Å². The summed E-state index contributed by atoms with van der Waals surface area (Å²) in [6, 6.07) is 0. The number of rotatable bonds is 1. The van der Waals surface area contributed by atoms with Crippen LogP contribution in [0.5, 0.6) is 0 Å². The first-order valence-corrected chi connectivity index (χ1v) is 8.62. The van der Waals surface area contributed by atoms with Gasteiger partial charge in [-0.25, -0.2) is 0 Å². The molecule has 0 radical (unpaired) electrons. The van der Waals surface area contributed by atoms with Crippen molar-refractivity contribution in [3.05, 3.63) is 12.7 Å². The van der Waals surface area contributed by atoms with Crippen molar-refractivity contribution in [3.8, 4) is 0 Å². The molecule has 1 heterocycles. The molecule has 3 fully saturated rings. The van der Waals surface area contributed by atoms with E-state index in [0.29, 0.717) is 10.8 Å². The highest BCUT2D eigenvalue weighted by molar-refractivity contribution is 5.10. The van der Waals surface area contributed by atoms with Crippen molar-refractivity contribution in [2.24, 2.45) is 22.7 Å². The van der Waals surface area contributed by atoms with Crippen LogP contribution in [0.2, 0.25) is 0 Å². The fourth-order valence-electron chi connectivity index (χ4n) is 6.28. The molecule has 0 aromatic carbocycles. The van der Waals surface area contributed by atoms with Crippen LogP contribution in [0.4, 0.5) is 0 Å². The third-order valence-electron chi connectivity index (χ3n) is 7.16. The highest BCUT2D eigenvalue weighted by Crippen LogP contribution is 2.64. The van der Waals surface area contributed by atoms with Crippen LogP contribution in [0, 0.1) is 22.7 Å². The van der Waals surface area contributed by atoms with E-state index in [-0.39, 0.29) is 11.7 Å². The zero-order chi connectivity index (χ0) is 14.6. The number of hydrogen-bond donors (Lipinski definition) is 0. The maximum Gasteiger partial charge on any atom is 0.0760 e. The molecule has 0 aromatic heterocycles. The van der Waals surface area contributed by atoms with E-state index in [0.717, 1.165) is 11.8 Å². The molecular weight excluding hydrogens is 244 g/mol. The summed E-state index contributed by atoms with van der Waals surface area (Å²) in [5.74, 6) is 1.62. The fraction of sp³-hybridized carbons (Fsp3) is 0.895. The quantitative estimate of drug-likeness (QED) is 0.586. The average Bonchev–Trinajstić information content (AvgIpc) is 2.36. The Morgan fingerprint density at radius 3 is 2.40 bits per heavy atom. The minimum absolute atomic E-state index is 0.0930. The third-order valence-corrected chi connectivity index (χ3v) is 7.16. The van der Waals surface area contributed by atoms with Crippen molar-refractivity contribution in [1.29, 1.82) is 0 Å². The Hall–Kier alpha value is -0.300. The normalized spacial score (nSPS) is 50.9. The van der Waals surface area contributed by atoms with Gasteiger partial charge in [0, 0.05) is 0 Å². The molecule has 3 aliphatic rings. The van der Waals surface area contributed by atoms with Crippen molar-refractivity contribution < 1.29 is 4.74 Å². The molecule has 0 bridgehead atoms. The Morgan fingerprint density at radius 1 is 0.950 bits per heavy atom. The lowest BCUT2D eigenvalue weighted by atomic mass is 9.44. The van der Waals surface area contributed by atoms with Crippen molar-refractivity contribution in [2.45, 2.75) is 84.3 Å².